The van der Waals surface area contributed by atoms with Crippen molar-refractivity contribution in [2.75, 3.05) is 6.54 Å². The standard InChI is InChI=1S/C15H19N3O2/c1-11(16)15-18-13(10-20-15)14(19)17-9-5-8-12-6-3-2-4-7-12/h2-4,6-7,10-11H,5,8-9,16H2,1H3,(H,17,19). The van der Waals surface area contributed by atoms with E-state index in [9.17, 15) is 4.79 Å². The van der Waals surface area contributed by atoms with Crippen molar-refractivity contribution in [2.45, 2.75) is 25.8 Å². The van der Waals surface area contributed by atoms with Crippen LogP contribution in [-0.4, -0.2) is 17.4 Å². The van der Waals surface area contributed by atoms with Crippen molar-refractivity contribution in [2.24, 2.45) is 5.73 Å². The van der Waals surface area contributed by atoms with Crippen molar-refractivity contribution in [3.63, 3.8) is 0 Å². The number of nitrogens with zero attached hydrogens (tertiary/aromatic N) is 1. The number of hydrogen-bond donors (Lipinski definition) is 2. The third-order valence-corrected chi connectivity index (χ3v) is 2.91. The second kappa shape index (κ2) is 6.86. The van der Waals surface area contributed by atoms with Crippen molar-refractivity contribution in [1.29, 1.82) is 0 Å². The molecule has 0 bridgehead atoms. The molecule has 0 spiro atoms. The quantitative estimate of drug-likeness (QED) is 0.789. The fourth-order valence-corrected chi connectivity index (χ4v) is 1.83. The highest BCUT2D eigenvalue weighted by molar-refractivity contribution is 5.91. The Bertz CT molecular complexity index is 549. The number of rotatable bonds is 6. The minimum absolute atomic E-state index is 0.228. The van der Waals surface area contributed by atoms with Gasteiger partial charge in [0.25, 0.3) is 5.91 Å². The van der Waals surface area contributed by atoms with Gasteiger partial charge in [0.15, 0.2) is 5.69 Å². The Labute approximate surface area is 118 Å². The molecule has 1 heterocycles. The summed E-state index contributed by atoms with van der Waals surface area (Å²) in [5, 5.41) is 2.82. The zero-order valence-electron chi connectivity index (χ0n) is 11.5. The van der Waals surface area contributed by atoms with E-state index in [0.29, 0.717) is 12.4 Å². The van der Waals surface area contributed by atoms with E-state index in [1.165, 1.54) is 11.8 Å². The third kappa shape index (κ3) is 3.93. The molecule has 1 atom stereocenters. The minimum atomic E-state index is -0.311. The molecule has 3 N–H and O–H groups in total. The number of carbonyl (C=O) groups is 1. The van der Waals surface area contributed by atoms with E-state index < -0.39 is 0 Å². The Morgan fingerprint density at radius 3 is 2.80 bits per heavy atom. The highest BCUT2D eigenvalue weighted by Gasteiger charge is 2.13. The molecule has 0 aliphatic rings. The largest absolute Gasteiger partial charge is 0.446 e. The Morgan fingerprint density at radius 1 is 1.40 bits per heavy atom. The maximum atomic E-state index is 11.8. The Hall–Kier alpha value is -2.14. The highest BCUT2D eigenvalue weighted by atomic mass is 16.3. The van der Waals surface area contributed by atoms with E-state index in [1.807, 2.05) is 18.2 Å². The van der Waals surface area contributed by atoms with Crippen LogP contribution in [0.1, 0.15) is 41.3 Å². The molecule has 0 aliphatic carbocycles. The monoisotopic (exact) mass is 273 g/mol. The van der Waals surface area contributed by atoms with Crippen LogP contribution in [0.25, 0.3) is 0 Å². The van der Waals surface area contributed by atoms with Gasteiger partial charge in [-0.2, -0.15) is 0 Å². The molecular weight excluding hydrogens is 254 g/mol. The van der Waals surface area contributed by atoms with Gasteiger partial charge in [0.05, 0.1) is 6.04 Å². The molecule has 0 radical (unpaired) electrons. The van der Waals surface area contributed by atoms with Crippen molar-refractivity contribution in [1.82, 2.24) is 10.3 Å². The molecule has 5 nitrogen and oxygen atoms in total. The van der Waals surface area contributed by atoms with E-state index in [1.54, 1.807) is 6.92 Å². The van der Waals surface area contributed by atoms with Gasteiger partial charge < -0.3 is 15.5 Å². The van der Waals surface area contributed by atoms with Crippen LogP contribution in [0.5, 0.6) is 0 Å². The lowest BCUT2D eigenvalue weighted by Gasteiger charge is -2.03. The van der Waals surface area contributed by atoms with Crippen LogP contribution in [0.4, 0.5) is 0 Å². The van der Waals surface area contributed by atoms with Crippen LogP contribution in [0, 0.1) is 0 Å². The number of amides is 1. The molecule has 5 heteroatoms. The van der Waals surface area contributed by atoms with E-state index >= 15 is 0 Å². The predicted octanol–water partition coefficient (Wildman–Crippen LogP) is 2.06. The van der Waals surface area contributed by atoms with Crippen molar-refractivity contribution in [3.8, 4) is 0 Å². The zero-order valence-corrected chi connectivity index (χ0v) is 11.5. The first-order valence-electron chi connectivity index (χ1n) is 6.70. The van der Waals surface area contributed by atoms with Crippen LogP contribution in [0.3, 0.4) is 0 Å². The summed E-state index contributed by atoms with van der Waals surface area (Å²) >= 11 is 0. The van der Waals surface area contributed by atoms with Gasteiger partial charge >= 0.3 is 0 Å². The Balaban J connectivity index is 1.75. The third-order valence-electron chi connectivity index (χ3n) is 2.91. The second-order valence-corrected chi connectivity index (χ2v) is 4.70. The lowest BCUT2D eigenvalue weighted by Crippen LogP contribution is -2.25. The van der Waals surface area contributed by atoms with Gasteiger partial charge in [0.1, 0.15) is 6.26 Å². The molecular formula is C15H19N3O2. The summed E-state index contributed by atoms with van der Waals surface area (Å²) < 4.78 is 5.13. The predicted molar refractivity (Wildman–Crippen MR) is 76.2 cm³/mol. The van der Waals surface area contributed by atoms with Crippen molar-refractivity contribution < 1.29 is 9.21 Å². The average Bonchev–Trinajstić information content (AvgIpc) is 2.94. The lowest BCUT2D eigenvalue weighted by atomic mass is 10.1. The number of benzene rings is 1. The van der Waals surface area contributed by atoms with Gasteiger partial charge in [-0.1, -0.05) is 30.3 Å². The summed E-state index contributed by atoms with van der Waals surface area (Å²) in [5.41, 5.74) is 7.17. The number of aryl methyl sites for hydroxylation is 1. The summed E-state index contributed by atoms with van der Waals surface area (Å²) in [6.07, 6.45) is 3.16. The molecule has 0 saturated heterocycles. The fourth-order valence-electron chi connectivity index (χ4n) is 1.83. The van der Waals surface area contributed by atoms with Gasteiger partial charge in [-0.15, -0.1) is 0 Å². The normalized spacial score (nSPS) is 12.1. The topological polar surface area (TPSA) is 81.1 Å². The first-order chi connectivity index (χ1) is 9.66. The van der Waals surface area contributed by atoms with E-state index in [-0.39, 0.29) is 17.6 Å². The fraction of sp³-hybridized carbons (Fsp3) is 0.333. The van der Waals surface area contributed by atoms with Gasteiger partial charge in [0.2, 0.25) is 5.89 Å². The molecule has 1 unspecified atom stereocenters. The molecule has 0 fully saturated rings. The van der Waals surface area contributed by atoms with E-state index in [0.717, 1.165) is 12.8 Å². The maximum absolute atomic E-state index is 11.8. The number of nitrogens with two attached hydrogens (primary N) is 1. The van der Waals surface area contributed by atoms with Gasteiger partial charge in [0, 0.05) is 6.54 Å². The van der Waals surface area contributed by atoms with Crippen LogP contribution >= 0.6 is 0 Å². The van der Waals surface area contributed by atoms with Crippen LogP contribution in [0.15, 0.2) is 41.0 Å². The number of aromatic nitrogens is 1. The van der Waals surface area contributed by atoms with Crippen molar-refractivity contribution >= 4 is 5.91 Å². The van der Waals surface area contributed by atoms with Crippen LogP contribution in [0.2, 0.25) is 0 Å². The number of carbonyl (C=O) groups excluding carboxylic acids is 1. The van der Waals surface area contributed by atoms with Gasteiger partial charge in [-0.05, 0) is 25.3 Å². The SMILES string of the molecule is CC(N)c1nc(C(=O)NCCCc2ccccc2)co1. The summed E-state index contributed by atoms with van der Waals surface area (Å²) in [4.78, 5) is 15.9. The Kier molecular flexibility index (Phi) is 4.90. The molecule has 1 aromatic heterocycles. The van der Waals surface area contributed by atoms with Gasteiger partial charge in [-0.3, -0.25) is 4.79 Å². The van der Waals surface area contributed by atoms with E-state index in [2.05, 4.69) is 22.4 Å². The maximum Gasteiger partial charge on any atom is 0.273 e. The smallest absolute Gasteiger partial charge is 0.273 e. The lowest BCUT2D eigenvalue weighted by molar-refractivity contribution is 0.0948. The highest BCUT2D eigenvalue weighted by Crippen LogP contribution is 2.09. The van der Waals surface area contributed by atoms with Crippen LogP contribution in [-0.2, 0) is 6.42 Å². The molecule has 2 aromatic rings. The molecule has 106 valence electrons. The minimum Gasteiger partial charge on any atom is -0.446 e. The number of oxazole rings is 1. The number of nitrogens with one attached hydrogen (secondary N) is 1. The first-order valence-corrected chi connectivity index (χ1v) is 6.70. The second-order valence-electron chi connectivity index (χ2n) is 4.70. The molecule has 2 rings (SSSR count). The van der Waals surface area contributed by atoms with Crippen LogP contribution < -0.4 is 11.1 Å². The van der Waals surface area contributed by atoms with Crippen molar-refractivity contribution in [3.05, 3.63) is 53.7 Å². The first kappa shape index (κ1) is 14.3. The summed E-state index contributed by atoms with van der Waals surface area (Å²) in [7, 11) is 0. The van der Waals surface area contributed by atoms with E-state index in [4.69, 9.17) is 10.2 Å². The summed E-state index contributed by atoms with van der Waals surface area (Å²) in [5.74, 6) is 0.146. The summed E-state index contributed by atoms with van der Waals surface area (Å²) in [6.45, 7) is 2.36. The molecule has 0 aliphatic heterocycles. The Morgan fingerprint density at radius 2 is 2.15 bits per heavy atom. The zero-order chi connectivity index (χ0) is 14.4. The number of hydrogen-bond acceptors (Lipinski definition) is 4. The molecule has 20 heavy (non-hydrogen) atoms. The molecule has 0 saturated carbocycles. The molecule has 1 aromatic carbocycles. The van der Waals surface area contributed by atoms with Gasteiger partial charge in [-0.25, -0.2) is 4.98 Å². The average molecular weight is 273 g/mol. The summed E-state index contributed by atoms with van der Waals surface area (Å²) in [6, 6.07) is 9.86. The molecule has 1 amide bonds.